The van der Waals surface area contributed by atoms with E-state index in [0.717, 1.165) is 10.6 Å². The molecule has 2 heterocycles. The number of hydrogen-bond donors (Lipinski definition) is 1. The van der Waals surface area contributed by atoms with Gasteiger partial charge in [0, 0.05) is 31.0 Å². The molecule has 146 valence electrons. The number of nitrogens with one attached hydrogen (secondary N) is 1. The molecule has 0 bridgehead atoms. The van der Waals surface area contributed by atoms with Gasteiger partial charge in [0.25, 0.3) is 0 Å². The normalized spacial score (nSPS) is 20.1. The van der Waals surface area contributed by atoms with E-state index in [0.29, 0.717) is 18.9 Å². The summed E-state index contributed by atoms with van der Waals surface area (Å²) in [7, 11) is -0.335. The maximum Gasteiger partial charge on any atom is 0.226 e. The molecule has 1 amide bonds. The number of thiazole rings is 1. The maximum absolute atomic E-state index is 12.4. The van der Waals surface area contributed by atoms with Crippen molar-refractivity contribution in [2.75, 3.05) is 33.1 Å². The molecular weight excluding hydrogens is 386 g/mol. The lowest BCUT2D eigenvalue weighted by atomic mass is 10.1. The Morgan fingerprint density at radius 3 is 2.74 bits per heavy atom. The second kappa shape index (κ2) is 8.47. The molecule has 27 heavy (non-hydrogen) atoms. The van der Waals surface area contributed by atoms with Crippen LogP contribution in [0.15, 0.2) is 35.7 Å². The van der Waals surface area contributed by atoms with Gasteiger partial charge in [0.2, 0.25) is 15.9 Å². The fourth-order valence-corrected chi connectivity index (χ4v) is 4.86. The van der Waals surface area contributed by atoms with Gasteiger partial charge >= 0.3 is 0 Å². The van der Waals surface area contributed by atoms with E-state index >= 15 is 0 Å². The molecule has 9 heteroatoms. The molecule has 2 atom stereocenters. The molecule has 1 N–H and O–H groups in total. The van der Waals surface area contributed by atoms with Gasteiger partial charge < -0.3 is 10.1 Å². The van der Waals surface area contributed by atoms with E-state index in [1.807, 2.05) is 35.7 Å². The van der Waals surface area contributed by atoms with Gasteiger partial charge in [-0.05, 0) is 0 Å². The highest BCUT2D eigenvalue weighted by molar-refractivity contribution is 7.89. The fourth-order valence-electron chi connectivity index (χ4n) is 2.87. The van der Waals surface area contributed by atoms with Crippen LogP contribution in [0.4, 0.5) is 0 Å². The van der Waals surface area contributed by atoms with Crippen LogP contribution in [-0.4, -0.2) is 62.7 Å². The summed E-state index contributed by atoms with van der Waals surface area (Å²) in [6.45, 7) is 0.651. The number of aromatic nitrogens is 1. The lowest BCUT2D eigenvalue weighted by Gasteiger charge is -2.20. The first-order valence-corrected chi connectivity index (χ1v) is 11.1. The molecule has 0 spiro atoms. The van der Waals surface area contributed by atoms with E-state index in [-0.39, 0.29) is 30.0 Å². The molecule has 1 aliphatic heterocycles. The van der Waals surface area contributed by atoms with E-state index in [1.165, 1.54) is 29.7 Å². The van der Waals surface area contributed by atoms with Gasteiger partial charge in [-0.2, -0.15) is 0 Å². The van der Waals surface area contributed by atoms with Crippen LogP contribution in [0.2, 0.25) is 0 Å². The molecule has 0 radical (unpaired) electrons. The minimum Gasteiger partial charge on any atom is -0.379 e. The summed E-state index contributed by atoms with van der Waals surface area (Å²) < 4.78 is 30.8. The molecule has 1 fully saturated rings. The van der Waals surface area contributed by atoms with Crippen LogP contribution in [0, 0.1) is 5.92 Å². The van der Waals surface area contributed by atoms with Gasteiger partial charge in [-0.25, -0.2) is 17.7 Å². The minimum absolute atomic E-state index is 0.0419. The summed E-state index contributed by atoms with van der Waals surface area (Å²) in [5.74, 6) is -0.473. The molecule has 1 aliphatic rings. The lowest BCUT2D eigenvalue weighted by Crippen LogP contribution is -2.44. The Morgan fingerprint density at radius 2 is 2.04 bits per heavy atom. The van der Waals surface area contributed by atoms with Crippen LogP contribution in [0.5, 0.6) is 0 Å². The summed E-state index contributed by atoms with van der Waals surface area (Å²) in [5.41, 5.74) is 1.72. The Kier molecular flexibility index (Phi) is 6.25. The Labute approximate surface area is 163 Å². The molecule has 1 aromatic heterocycles. The summed E-state index contributed by atoms with van der Waals surface area (Å²) in [6.07, 6.45) is 0.160. The fraction of sp³-hybridized carbons (Fsp3) is 0.444. The predicted molar refractivity (Wildman–Crippen MR) is 105 cm³/mol. The largest absolute Gasteiger partial charge is 0.379 e. The number of carbonyl (C=O) groups is 1. The van der Waals surface area contributed by atoms with Crippen LogP contribution in [0.3, 0.4) is 0 Å². The highest BCUT2D eigenvalue weighted by Gasteiger charge is 2.34. The maximum atomic E-state index is 12.4. The standard InChI is InChI=1S/C18H23N3O4S2/c1-21(2)27(23,24)12-14-9-25-10-16(14)20-17(22)8-15-11-26-18(19-15)13-6-4-3-5-7-13/h3-7,11,14,16H,8-10,12H2,1-2H3,(H,20,22)/t14-,16+/m0/s1. The van der Waals surface area contributed by atoms with Gasteiger partial charge in [0.15, 0.2) is 0 Å². The first kappa shape index (κ1) is 19.9. The third kappa shape index (κ3) is 5.13. The Hall–Kier alpha value is -1.81. The highest BCUT2D eigenvalue weighted by Crippen LogP contribution is 2.23. The second-order valence-electron chi connectivity index (χ2n) is 6.72. The number of benzene rings is 1. The lowest BCUT2D eigenvalue weighted by molar-refractivity contribution is -0.121. The van der Waals surface area contributed by atoms with E-state index in [4.69, 9.17) is 4.74 Å². The predicted octanol–water partition coefficient (Wildman–Crippen LogP) is 1.38. The zero-order valence-electron chi connectivity index (χ0n) is 15.3. The molecule has 1 saturated heterocycles. The Balaban J connectivity index is 1.58. The third-order valence-electron chi connectivity index (χ3n) is 4.44. The number of hydrogen-bond acceptors (Lipinski definition) is 6. The van der Waals surface area contributed by atoms with Gasteiger partial charge in [0.1, 0.15) is 5.01 Å². The van der Waals surface area contributed by atoms with Crippen molar-refractivity contribution in [3.05, 3.63) is 41.4 Å². The molecule has 7 nitrogen and oxygen atoms in total. The smallest absolute Gasteiger partial charge is 0.226 e. The van der Waals surface area contributed by atoms with Crippen LogP contribution >= 0.6 is 11.3 Å². The van der Waals surface area contributed by atoms with Crippen molar-refractivity contribution in [2.45, 2.75) is 12.5 Å². The average Bonchev–Trinajstić information content (AvgIpc) is 3.25. The van der Waals surface area contributed by atoms with Gasteiger partial charge in [-0.3, -0.25) is 4.79 Å². The van der Waals surface area contributed by atoms with E-state index < -0.39 is 10.0 Å². The molecule has 1 aromatic carbocycles. The minimum atomic E-state index is -3.35. The quantitative estimate of drug-likeness (QED) is 0.746. The first-order valence-electron chi connectivity index (χ1n) is 8.62. The molecular formula is C18H23N3O4S2. The Morgan fingerprint density at radius 1 is 1.30 bits per heavy atom. The van der Waals surface area contributed by atoms with Crippen molar-refractivity contribution >= 4 is 27.3 Å². The average molecular weight is 410 g/mol. The van der Waals surface area contributed by atoms with E-state index in [1.54, 1.807) is 0 Å². The number of sulfonamides is 1. The first-order chi connectivity index (χ1) is 12.8. The van der Waals surface area contributed by atoms with Crippen molar-refractivity contribution in [2.24, 2.45) is 5.92 Å². The number of ether oxygens (including phenoxy) is 1. The molecule has 2 aromatic rings. The molecule has 0 aliphatic carbocycles. The van der Waals surface area contributed by atoms with Gasteiger partial charge in [-0.15, -0.1) is 11.3 Å². The monoisotopic (exact) mass is 409 g/mol. The summed E-state index contributed by atoms with van der Waals surface area (Å²) in [4.78, 5) is 16.9. The number of carbonyl (C=O) groups excluding carboxylic acids is 1. The Bertz CT molecular complexity index is 881. The zero-order chi connectivity index (χ0) is 19.4. The van der Waals surface area contributed by atoms with Crippen LogP contribution in [0.1, 0.15) is 5.69 Å². The van der Waals surface area contributed by atoms with Crippen LogP contribution in [0.25, 0.3) is 10.6 Å². The highest BCUT2D eigenvalue weighted by atomic mass is 32.2. The van der Waals surface area contributed by atoms with E-state index in [9.17, 15) is 13.2 Å². The van der Waals surface area contributed by atoms with Crippen molar-refractivity contribution in [1.82, 2.24) is 14.6 Å². The molecule has 3 rings (SSSR count). The SMILES string of the molecule is CN(C)S(=O)(=O)C[C@@H]1COC[C@H]1NC(=O)Cc1csc(-c2ccccc2)n1. The van der Waals surface area contributed by atoms with E-state index in [2.05, 4.69) is 10.3 Å². The zero-order valence-corrected chi connectivity index (χ0v) is 16.9. The van der Waals surface area contributed by atoms with Crippen LogP contribution < -0.4 is 5.32 Å². The second-order valence-corrected chi connectivity index (χ2v) is 9.80. The van der Waals surface area contributed by atoms with Crippen molar-refractivity contribution in [3.8, 4) is 10.6 Å². The third-order valence-corrected chi connectivity index (χ3v) is 7.34. The molecule has 0 saturated carbocycles. The van der Waals surface area contributed by atoms with Gasteiger partial charge in [-0.1, -0.05) is 30.3 Å². The van der Waals surface area contributed by atoms with Crippen molar-refractivity contribution in [3.63, 3.8) is 0 Å². The number of nitrogens with zero attached hydrogens (tertiary/aromatic N) is 2. The summed E-state index contributed by atoms with van der Waals surface area (Å²) in [6, 6.07) is 9.50. The number of amides is 1. The topological polar surface area (TPSA) is 88.6 Å². The van der Waals surface area contributed by atoms with Crippen molar-refractivity contribution < 1.29 is 17.9 Å². The number of rotatable bonds is 7. The van der Waals surface area contributed by atoms with Crippen LogP contribution in [-0.2, 0) is 26.0 Å². The summed E-state index contributed by atoms with van der Waals surface area (Å²) >= 11 is 1.50. The summed E-state index contributed by atoms with van der Waals surface area (Å²) in [5, 5.41) is 5.65. The van der Waals surface area contributed by atoms with Gasteiger partial charge in [0.05, 0.1) is 37.1 Å². The molecule has 0 unspecified atom stereocenters. The van der Waals surface area contributed by atoms with Crippen molar-refractivity contribution in [1.29, 1.82) is 0 Å².